The van der Waals surface area contributed by atoms with Gasteiger partial charge < -0.3 is 24.8 Å². The van der Waals surface area contributed by atoms with Crippen molar-refractivity contribution >= 4 is 28.8 Å². The van der Waals surface area contributed by atoms with Crippen molar-refractivity contribution in [1.82, 2.24) is 9.88 Å². The molecule has 2 aromatic rings. The van der Waals surface area contributed by atoms with E-state index in [4.69, 9.17) is 14.9 Å². The lowest BCUT2D eigenvalue weighted by Crippen LogP contribution is -2.15. The largest absolute Gasteiger partial charge is 0.478 e. The van der Waals surface area contributed by atoms with Crippen molar-refractivity contribution in [3.63, 3.8) is 0 Å². The van der Waals surface area contributed by atoms with Gasteiger partial charge in [0.15, 0.2) is 0 Å². The van der Waals surface area contributed by atoms with E-state index in [1.54, 1.807) is 6.92 Å². The number of nitrogens with zero attached hydrogens (tertiary/aromatic N) is 1. The van der Waals surface area contributed by atoms with Gasteiger partial charge in [-0.25, -0.2) is 9.59 Å². The lowest BCUT2D eigenvalue weighted by molar-refractivity contribution is -0.134. The van der Waals surface area contributed by atoms with Crippen molar-refractivity contribution < 1.29 is 29.3 Å². The number of carboxylic acids is 2. The van der Waals surface area contributed by atoms with Gasteiger partial charge in [-0.05, 0) is 38.2 Å². The number of carbonyl (C=O) groups excluding carboxylic acids is 1. The number of fused-ring (bicyclic) bond motifs is 1. The van der Waals surface area contributed by atoms with Crippen LogP contribution < -0.4 is 4.74 Å². The third-order valence-electron chi connectivity index (χ3n) is 3.46. The first kappa shape index (κ1) is 21.9. The van der Waals surface area contributed by atoms with Crippen LogP contribution in [0.4, 0.5) is 0 Å². The zero-order valence-corrected chi connectivity index (χ0v) is 15.6. The molecule has 8 heteroatoms. The second-order valence-electron chi connectivity index (χ2n) is 5.88. The number of nitrogens with one attached hydrogen (secondary N) is 1. The molecule has 0 bridgehead atoms. The van der Waals surface area contributed by atoms with Gasteiger partial charge in [0.25, 0.3) is 0 Å². The summed E-state index contributed by atoms with van der Waals surface area (Å²) in [6, 6.07) is 5.74. The van der Waals surface area contributed by atoms with E-state index in [9.17, 15) is 14.4 Å². The van der Waals surface area contributed by atoms with Crippen LogP contribution in [0.2, 0.25) is 0 Å². The van der Waals surface area contributed by atoms with Crippen LogP contribution in [0.1, 0.15) is 18.9 Å². The number of carboxylic acid groups (broad SMARTS) is 2. The Bertz CT molecular complexity index is 807. The number of benzene rings is 1. The zero-order chi connectivity index (χ0) is 20.4. The number of likely N-dealkylation sites (N-methyl/N-ethyl adjacent to an activating group) is 1. The number of aliphatic carboxylic acids is 2. The fourth-order valence-corrected chi connectivity index (χ4v) is 2.18. The van der Waals surface area contributed by atoms with E-state index in [-0.39, 0.29) is 5.97 Å². The fraction of sp³-hybridized carbons (Fsp3) is 0.316. The standard InChI is InChI=1S/C15H20N2O2.C4H4O4/c1-4-14(18)19-13-7-5-6-12-15(13)11(10-16-12)8-9-17(2)3;5-3(6)1-2-4(7)8/h5-7,10,16H,4,8-9H2,1-3H3;1-2H,(H,5,6)(H,7,8)/b;2-1+. The van der Waals surface area contributed by atoms with Gasteiger partial charge >= 0.3 is 17.9 Å². The maximum atomic E-state index is 11.5. The summed E-state index contributed by atoms with van der Waals surface area (Å²) in [5, 5.41) is 16.6. The lowest BCUT2D eigenvalue weighted by Gasteiger charge is -2.10. The third kappa shape index (κ3) is 7.74. The monoisotopic (exact) mass is 376 g/mol. The van der Waals surface area contributed by atoms with E-state index >= 15 is 0 Å². The molecule has 0 saturated heterocycles. The highest BCUT2D eigenvalue weighted by molar-refractivity contribution is 5.91. The van der Waals surface area contributed by atoms with E-state index in [1.807, 2.05) is 38.5 Å². The Morgan fingerprint density at radius 1 is 1.15 bits per heavy atom. The summed E-state index contributed by atoms with van der Waals surface area (Å²) in [4.78, 5) is 36.0. The Morgan fingerprint density at radius 3 is 2.30 bits per heavy atom. The van der Waals surface area contributed by atoms with Crippen LogP contribution in [0.25, 0.3) is 10.9 Å². The molecule has 0 spiro atoms. The van der Waals surface area contributed by atoms with Gasteiger partial charge in [0.2, 0.25) is 0 Å². The minimum Gasteiger partial charge on any atom is -0.478 e. The lowest BCUT2D eigenvalue weighted by atomic mass is 10.1. The van der Waals surface area contributed by atoms with E-state index in [2.05, 4.69) is 9.88 Å². The Morgan fingerprint density at radius 2 is 1.78 bits per heavy atom. The molecule has 0 radical (unpaired) electrons. The van der Waals surface area contributed by atoms with Gasteiger partial charge in [-0.3, -0.25) is 4.79 Å². The fourth-order valence-electron chi connectivity index (χ4n) is 2.18. The van der Waals surface area contributed by atoms with Gasteiger partial charge in [0.05, 0.1) is 0 Å². The number of rotatable bonds is 7. The number of esters is 1. The number of carbonyl (C=O) groups is 3. The highest BCUT2D eigenvalue weighted by Gasteiger charge is 2.12. The molecule has 1 aromatic heterocycles. The number of aromatic nitrogens is 1. The molecule has 8 nitrogen and oxygen atoms in total. The maximum Gasteiger partial charge on any atom is 0.328 e. The van der Waals surface area contributed by atoms with Gasteiger partial charge in [-0.15, -0.1) is 0 Å². The Kier molecular flexibility index (Phi) is 8.74. The van der Waals surface area contributed by atoms with Crippen molar-refractivity contribution in [2.45, 2.75) is 19.8 Å². The molecular weight excluding hydrogens is 352 g/mol. The van der Waals surface area contributed by atoms with Gasteiger partial charge in [-0.2, -0.15) is 0 Å². The number of hydrogen-bond acceptors (Lipinski definition) is 5. The van der Waals surface area contributed by atoms with Crippen molar-refractivity contribution in [1.29, 1.82) is 0 Å². The Balaban J connectivity index is 0.000000387. The van der Waals surface area contributed by atoms with Crippen molar-refractivity contribution in [3.8, 4) is 5.75 Å². The summed E-state index contributed by atoms with van der Waals surface area (Å²) in [5.74, 6) is -2.06. The smallest absolute Gasteiger partial charge is 0.328 e. The van der Waals surface area contributed by atoms with Gasteiger partial charge in [-0.1, -0.05) is 13.0 Å². The minimum absolute atomic E-state index is 0.202. The van der Waals surface area contributed by atoms with Crippen molar-refractivity contribution in [2.24, 2.45) is 0 Å². The zero-order valence-electron chi connectivity index (χ0n) is 15.6. The van der Waals surface area contributed by atoms with Gasteiger partial charge in [0.1, 0.15) is 5.75 Å². The molecule has 3 N–H and O–H groups in total. The van der Waals surface area contributed by atoms with E-state index in [1.165, 1.54) is 5.56 Å². The van der Waals surface area contributed by atoms with E-state index in [0.717, 1.165) is 23.9 Å². The average molecular weight is 376 g/mol. The van der Waals surface area contributed by atoms with Crippen LogP contribution in [-0.2, 0) is 20.8 Å². The molecule has 0 fully saturated rings. The molecule has 0 aliphatic heterocycles. The molecule has 0 saturated carbocycles. The molecular formula is C19H24N2O6. The first-order chi connectivity index (χ1) is 12.7. The molecule has 27 heavy (non-hydrogen) atoms. The van der Waals surface area contributed by atoms with Crippen molar-refractivity contribution in [2.75, 3.05) is 20.6 Å². The summed E-state index contributed by atoms with van der Waals surface area (Å²) in [7, 11) is 4.10. The highest BCUT2D eigenvalue weighted by atomic mass is 16.5. The van der Waals surface area contributed by atoms with Crippen LogP contribution in [0.3, 0.4) is 0 Å². The number of hydrogen-bond donors (Lipinski definition) is 3. The van der Waals surface area contributed by atoms with Crippen LogP contribution in [0.5, 0.6) is 5.75 Å². The molecule has 0 aliphatic carbocycles. The normalized spacial score (nSPS) is 10.7. The maximum absolute atomic E-state index is 11.5. The molecule has 0 amide bonds. The van der Waals surface area contributed by atoms with E-state index in [0.29, 0.717) is 24.3 Å². The topological polar surface area (TPSA) is 120 Å². The molecule has 2 rings (SSSR count). The summed E-state index contributed by atoms with van der Waals surface area (Å²) in [6.45, 7) is 2.76. The second kappa shape index (κ2) is 10.8. The summed E-state index contributed by atoms with van der Waals surface area (Å²) in [5.41, 5.74) is 2.19. The molecule has 146 valence electrons. The molecule has 0 unspecified atom stereocenters. The minimum atomic E-state index is -1.26. The highest BCUT2D eigenvalue weighted by Crippen LogP contribution is 2.29. The second-order valence-corrected chi connectivity index (χ2v) is 5.88. The third-order valence-corrected chi connectivity index (χ3v) is 3.46. The predicted octanol–water partition coefficient (Wildman–Crippen LogP) is 2.30. The van der Waals surface area contributed by atoms with Crippen LogP contribution in [0, 0.1) is 0 Å². The van der Waals surface area contributed by atoms with Crippen LogP contribution >= 0.6 is 0 Å². The van der Waals surface area contributed by atoms with Gasteiger partial charge in [0, 0.05) is 42.2 Å². The predicted molar refractivity (Wildman–Crippen MR) is 101 cm³/mol. The Labute approximate surface area is 157 Å². The molecule has 0 aliphatic rings. The van der Waals surface area contributed by atoms with Crippen molar-refractivity contribution in [3.05, 3.63) is 42.1 Å². The first-order valence-electron chi connectivity index (χ1n) is 8.32. The van der Waals surface area contributed by atoms with Crippen LogP contribution in [0.15, 0.2) is 36.5 Å². The quantitative estimate of drug-likeness (QED) is 0.385. The SMILES string of the molecule is CCC(=O)Oc1cccc2[nH]cc(CCN(C)C)c12.O=C(O)/C=C/C(=O)O. The molecule has 1 aromatic carbocycles. The summed E-state index contributed by atoms with van der Waals surface area (Å²) in [6.07, 6.45) is 4.42. The average Bonchev–Trinajstić information content (AvgIpc) is 3.03. The summed E-state index contributed by atoms with van der Waals surface area (Å²) >= 11 is 0. The molecule has 0 atom stereocenters. The summed E-state index contributed by atoms with van der Waals surface area (Å²) < 4.78 is 5.41. The number of H-pyrrole nitrogens is 1. The van der Waals surface area contributed by atoms with Crippen LogP contribution in [-0.4, -0.2) is 58.6 Å². The number of ether oxygens (including phenoxy) is 1. The molecule has 1 heterocycles. The number of aromatic amines is 1. The first-order valence-corrected chi connectivity index (χ1v) is 8.32. The van der Waals surface area contributed by atoms with E-state index < -0.39 is 11.9 Å². The Hall–Kier alpha value is -3.13.